The molecule has 0 heterocycles. The molecule has 0 fully saturated rings. The van der Waals surface area contributed by atoms with Crippen LogP contribution >= 0.6 is 22.6 Å². The van der Waals surface area contributed by atoms with Crippen molar-refractivity contribution in [2.75, 3.05) is 20.5 Å². The second-order valence-electron chi connectivity index (χ2n) is 5.70. The largest absolute Gasteiger partial charge is 0.417 e. The van der Waals surface area contributed by atoms with Crippen LogP contribution in [0.3, 0.4) is 0 Å². The van der Waals surface area contributed by atoms with Crippen LogP contribution in [-0.2, 0) is 13.9 Å². The maximum atomic E-state index is 6.10. The van der Waals surface area contributed by atoms with Crippen molar-refractivity contribution in [2.24, 2.45) is 0 Å². The van der Waals surface area contributed by atoms with Gasteiger partial charge in [-0.3, -0.25) is 0 Å². The Bertz CT molecular complexity index is 289. The van der Waals surface area contributed by atoms with Gasteiger partial charge in [-0.2, -0.15) is 0 Å². The fourth-order valence-corrected chi connectivity index (χ4v) is 2.45. The fourth-order valence-electron chi connectivity index (χ4n) is 1.05. The third kappa shape index (κ3) is 7.09. The highest BCUT2D eigenvalue weighted by Gasteiger charge is 2.36. The lowest BCUT2D eigenvalue weighted by atomic mass is 10.2. The molecule has 0 aromatic carbocycles. The topological polar surface area (TPSA) is 27.7 Å². The Morgan fingerprint density at radius 2 is 1.89 bits per heavy atom. The van der Waals surface area contributed by atoms with Crippen LogP contribution < -0.4 is 0 Å². The monoisotopic (exact) mass is 384 g/mol. The van der Waals surface area contributed by atoms with E-state index in [4.69, 9.17) is 13.9 Å². The predicted molar refractivity (Wildman–Crippen MR) is 86.3 cm³/mol. The molecule has 3 nitrogen and oxygen atoms in total. The summed E-state index contributed by atoms with van der Waals surface area (Å²) in [6.07, 6.45) is 0.679. The molecule has 0 aliphatic rings. The average Bonchev–Trinajstić information content (AvgIpc) is 2.24. The van der Waals surface area contributed by atoms with Gasteiger partial charge in [-0.15, -0.1) is 0 Å². The first-order chi connectivity index (χ1) is 8.24. The lowest BCUT2D eigenvalue weighted by Gasteiger charge is -2.36. The van der Waals surface area contributed by atoms with Crippen LogP contribution in [0.15, 0.2) is 0 Å². The first kappa shape index (κ1) is 18.4. The number of hydrogen-bond donors (Lipinski definition) is 0. The standard InChI is InChI=1S/C13H25IO3Si/c1-13(2,3)18(5,6)17-10-8-12(7-9-14)16-11-15-4/h12H,8,10-11H2,1-6H3. The third-order valence-electron chi connectivity index (χ3n) is 3.25. The number of methoxy groups -OCH3 is 1. The molecule has 0 aliphatic carbocycles. The van der Waals surface area contributed by atoms with E-state index in [9.17, 15) is 0 Å². The van der Waals surface area contributed by atoms with Gasteiger partial charge in [0, 0.05) is 42.7 Å². The van der Waals surface area contributed by atoms with Gasteiger partial charge in [-0.05, 0) is 22.1 Å². The van der Waals surface area contributed by atoms with Crippen LogP contribution in [0.25, 0.3) is 0 Å². The quantitative estimate of drug-likeness (QED) is 0.289. The van der Waals surface area contributed by atoms with Crippen molar-refractivity contribution in [1.82, 2.24) is 0 Å². The highest BCUT2D eigenvalue weighted by molar-refractivity contribution is 14.1. The molecule has 0 bridgehead atoms. The first-order valence-electron chi connectivity index (χ1n) is 6.10. The van der Waals surface area contributed by atoms with Crippen molar-refractivity contribution in [2.45, 2.75) is 51.4 Å². The second kappa shape index (κ2) is 8.54. The van der Waals surface area contributed by atoms with Crippen molar-refractivity contribution in [3.05, 3.63) is 0 Å². The average molecular weight is 384 g/mol. The summed E-state index contributed by atoms with van der Waals surface area (Å²) in [6.45, 7) is 12.2. The molecule has 18 heavy (non-hydrogen) atoms. The maximum absolute atomic E-state index is 6.10. The molecule has 0 radical (unpaired) electrons. The van der Waals surface area contributed by atoms with Crippen LogP contribution in [0.1, 0.15) is 27.2 Å². The van der Waals surface area contributed by atoms with Gasteiger partial charge in [0.1, 0.15) is 12.9 Å². The van der Waals surface area contributed by atoms with Gasteiger partial charge in [-0.1, -0.05) is 26.7 Å². The Morgan fingerprint density at radius 3 is 2.33 bits per heavy atom. The van der Waals surface area contributed by atoms with Crippen molar-refractivity contribution < 1.29 is 13.9 Å². The number of halogens is 1. The fraction of sp³-hybridized carbons (Fsp3) is 0.846. The molecular weight excluding hydrogens is 359 g/mol. The molecule has 0 aromatic rings. The minimum atomic E-state index is -1.66. The zero-order valence-electron chi connectivity index (χ0n) is 12.3. The number of rotatable bonds is 7. The van der Waals surface area contributed by atoms with Crippen LogP contribution in [0.5, 0.6) is 0 Å². The van der Waals surface area contributed by atoms with Gasteiger partial charge < -0.3 is 13.9 Å². The van der Waals surface area contributed by atoms with E-state index in [2.05, 4.69) is 43.7 Å². The zero-order chi connectivity index (χ0) is 14.2. The summed E-state index contributed by atoms with van der Waals surface area (Å²) in [5.41, 5.74) is 0. The Hall–Kier alpha value is 0.387. The maximum Gasteiger partial charge on any atom is 0.191 e. The molecule has 0 amide bonds. The second-order valence-corrected chi connectivity index (χ2v) is 11.0. The van der Waals surface area contributed by atoms with E-state index in [1.807, 2.05) is 22.6 Å². The van der Waals surface area contributed by atoms with Crippen LogP contribution in [-0.4, -0.2) is 34.9 Å². The van der Waals surface area contributed by atoms with Crippen molar-refractivity contribution in [1.29, 1.82) is 0 Å². The molecule has 0 aromatic heterocycles. The molecule has 1 unspecified atom stereocenters. The summed E-state index contributed by atoms with van der Waals surface area (Å²) >= 11 is 2.02. The summed E-state index contributed by atoms with van der Waals surface area (Å²) < 4.78 is 19.3. The van der Waals surface area contributed by atoms with Crippen LogP contribution in [0.2, 0.25) is 18.1 Å². The van der Waals surface area contributed by atoms with Gasteiger partial charge in [0.05, 0.1) is 0 Å². The molecular formula is C13H25IO3Si. The van der Waals surface area contributed by atoms with Gasteiger partial charge >= 0.3 is 0 Å². The summed E-state index contributed by atoms with van der Waals surface area (Å²) in [5.74, 6) is 3.01. The lowest BCUT2D eigenvalue weighted by Crippen LogP contribution is -2.41. The summed E-state index contributed by atoms with van der Waals surface area (Å²) in [7, 11) is -0.0510. The van der Waals surface area contributed by atoms with Crippen molar-refractivity contribution in [3.8, 4) is 9.85 Å². The molecule has 5 heteroatoms. The van der Waals surface area contributed by atoms with Crippen LogP contribution in [0, 0.1) is 9.85 Å². The number of ether oxygens (including phenoxy) is 2. The minimum absolute atomic E-state index is 0.105. The number of hydrogen-bond acceptors (Lipinski definition) is 3. The van der Waals surface area contributed by atoms with Crippen molar-refractivity contribution in [3.63, 3.8) is 0 Å². The Labute approximate surface area is 126 Å². The Kier molecular flexibility index (Phi) is 8.72. The summed E-state index contributed by atoms with van der Waals surface area (Å²) in [6, 6.07) is 0. The van der Waals surface area contributed by atoms with E-state index in [0.29, 0.717) is 6.61 Å². The van der Waals surface area contributed by atoms with Gasteiger partial charge in [0.2, 0.25) is 0 Å². The molecule has 0 rings (SSSR count). The van der Waals surface area contributed by atoms with E-state index in [1.54, 1.807) is 7.11 Å². The first-order valence-corrected chi connectivity index (χ1v) is 10.1. The summed E-state index contributed by atoms with van der Waals surface area (Å²) in [4.78, 5) is 0. The highest BCUT2D eigenvalue weighted by Crippen LogP contribution is 2.36. The minimum Gasteiger partial charge on any atom is -0.417 e. The van der Waals surface area contributed by atoms with Gasteiger partial charge in [0.15, 0.2) is 8.32 Å². The highest BCUT2D eigenvalue weighted by atomic mass is 127. The third-order valence-corrected chi connectivity index (χ3v) is 8.10. The van der Waals surface area contributed by atoms with E-state index in [-0.39, 0.29) is 17.9 Å². The van der Waals surface area contributed by atoms with Crippen molar-refractivity contribution >= 4 is 30.9 Å². The van der Waals surface area contributed by atoms with E-state index in [1.165, 1.54) is 0 Å². The molecule has 106 valence electrons. The SMILES string of the molecule is COCOC(C#CI)CCO[Si](C)(C)C(C)(C)C. The Morgan fingerprint density at radius 1 is 1.28 bits per heavy atom. The molecule has 0 saturated heterocycles. The predicted octanol–water partition coefficient (Wildman–Crippen LogP) is 3.78. The van der Waals surface area contributed by atoms with E-state index >= 15 is 0 Å². The molecule has 1 atom stereocenters. The molecule has 0 saturated carbocycles. The normalized spacial score (nSPS) is 13.9. The molecule has 0 spiro atoms. The van der Waals surface area contributed by atoms with E-state index in [0.717, 1.165) is 6.42 Å². The Balaban J connectivity index is 4.16. The summed E-state index contributed by atoms with van der Waals surface area (Å²) in [5, 5.41) is 0.241. The van der Waals surface area contributed by atoms with E-state index < -0.39 is 8.32 Å². The van der Waals surface area contributed by atoms with Gasteiger partial charge in [0.25, 0.3) is 0 Å². The zero-order valence-corrected chi connectivity index (χ0v) is 15.5. The smallest absolute Gasteiger partial charge is 0.191 e. The molecule has 0 N–H and O–H groups in total. The van der Waals surface area contributed by atoms with Crippen LogP contribution in [0.4, 0.5) is 0 Å². The lowest BCUT2D eigenvalue weighted by molar-refractivity contribution is -0.0570. The molecule has 0 aliphatic heterocycles. The van der Waals surface area contributed by atoms with Gasteiger partial charge in [-0.25, -0.2) is 0 Å².